The SMILES string of the molecule is COC(=O)[C@H](NC1CC(c2ccccc2)C1)[C@H](C)O. The first-order valence-corrected chi connectivity index (χ1v) is 6.68. The van der Waals surface area contributed by atoms with Crippen molar-refractivity contribution in [2.24, 2.45) is 0 Å². The fourth-order valence-corrected chi connectivity index (χ4v) is 2.54. The fraction of sp³-hybridized carbons (Fsp3) is 0.533. The van der Waals surface area contributed by atoms with Crippen LogP contribution < -0.4 is 5.32 Å². The quantitative estimate of drug-likeness (QED) is 0.789. The second kappa shape index (κ2) is 6.17. The lowest BCUT2D eigenvalue weighted by Gasteiger charge is -2.38. The largest absolute Gasteiger partial charge is 0.468 e. The second-order valence-electron chi connectivity index (χ2n) is 5.18. The van der Waals surface area contributed by atoms with Gasteiger partial charge in [-0.1, -0.05) is 30.3 Å². The van der Waals surface area contributed by atoms with E-state index in [0.717, 1.165) is 12.8 Å². The monoisotopic (exact) mass is 263 g/mol. The number of ether oxygens (including phenoxy) is 1. The van der Waals surface area contributed by atoms with Crippen molar-refractivity contribution in [2.75, 3.05) is 7.11 Å². The minimum Gasteiger partial charge on any atom is -0.468 e. The Morgan fingerprint density at radius 3 is 2.53 bits per heavy atom. The average Bonchev–Trinajstić information content (AvgIpc) is 2.37. The molecule has 4 nitrogen and oxygen atoms in total. The van der Waals surface area contributed by atoms with E-state index in [1.807, 2.05) is 18.2 Å². The van der Waals surface area contributed by atoms with Crippen molar-refractivity contribution >= 4 is 5.97 Å². The topological polar surface area (TPSA) is 58.6 Å². The summed E-state index contributed by atoms with van der Waals surface area (Å²) in [5.41, 5.74) is 1.34. The highest BCUT2D eigenvalue weighted by Crippen LogP contribution is 2.36. The molecular weight excluding hydrogens is 242 g/mol. The molecule has 4 heteroatoms. The Morgan fingerprint density at radius 1 is 1.37 bits per heavy atom. The van der Waals surface area contributed by atoms with Gasteiger partial charge in [-0.05, 0) is 31.2 Å². The molecule has 1 aromatic carbocycles. The third-order valence-electron chi connectivity index (χ3n) is 3.76. The third-order valence-corrected chi connectivity index (χ3v) is 3.76. The number of methoxy groups -OCH3 is 1. The summed E-state index contributed by atoms with van der Waals surface area (Å²) < 4.78 is 4.69. The highest BCUT2D eigenvalue weighted by Gasteiger charge is 2.35. The molecule has 0 spiro atoms. The molecule has 1 aliphatic rings. The number of rotatable bonds is 5. The summed E-state index contributed by atoms with van der Waals surface area (Å²) in [7, 11) is 1.34. The van der Waals surface area contributed by atoms with Crippen LogP contribution in [0.15, 0.2) is 30.3 Å². The van der Waals surface area contributed by atoms with Gasteiger partial charge in [0.1, 0.15) is 6.04 Å². The summed E-state index contributed by atoms with van der Waals surface area (Å²) in [4.78, 5) is 11.5. The van der Waals surface area contributed by atoms with E-state index in [4.69, 9.17) is 4.74 Å². The van der Waals surface area contributed by atoms with Crippen molar-refractivity contribution in [3.63, 3.8) is 0 Å². The lowest BCUT2D eigenvalue weighted by atomic mass is 9.75. The molecule has 1 saturated carbocycles. The van der Waals surface area contributed by atoms with E-state index >= 15 is 0 Å². The normalized spacial score (nSPS) is 25.2. The van der Waals surface area contributed by atoms with Crippen LogP contribution in [0.25, 0.3) is 0 Å². The predicted octanol–water partition coefficient (Wildman–Crippen LogP) is 1.44. The Morgan fingerprint density at radius 2 is 2.00 bits per heavy atom. The minimum atomic E-state index is -0.747. The van der Waals surface area contributed by atoms with Crippen LogP contribution in [0.4, 0.5) is 0 Å². The molecule has 0 saturated heterocycles. The van der Waals surface area contributed by atoms with Crippen molar-refractivity contribution in [1.29, 1.82) is 0 Å². The van der Waals surface area contributed by atoms with Crippen molar-refractivity contribution in [3.05, 3.63) is 35.9 Å². The van der Waals surface area contributed by atoms with Crippen LogP contribution in [0.1, 0.15) is 31.2 Å². The fourth-order valence-electron chi connectivity index (χ4n) is 2.54. The Bertz CT molecular complexity index is 413. The zero-order valence-corrected chi connectivity index (χ0v) is 11.4. The van der Waals surface area contributed by atoms with Crippen molar-refractivity contribution in [3.8, 4) is 0 Å². The summed E-state index contributed by atoms with van der Waals surface area (Å²) >= 11 is 0. The Balaban J connectivity index is 1.85. The van der Waals surface area contributed by atoms with Gasteiger partial charge in [-0.25, -0.2) is 0 Å². The molecule has 0 aromatic heterocycles. The molecule has 0 amide bonds. The molecule has 0 unspecified atom stereocenters. The van der Waals surface area contributed by atoms with E-state index in [2.05, 4.69) is 17.4 Å². The predicted molar refractivity (Wildman–Crippen MR) is 72.8 cm³/mol. The number of esters is 1. The molecule has 2 atom stereocenters. The number of nitrogens with one attached hydrogen (secondary N) is 1. The maximum Gasteiger partial charge on any atom is 0.325 e. The van der Waals surface area contributed by atoms with Crippen LogP contribution in [0, 0.1) is 0 Å². The van der Waals surface area contributed by atoms with Crippen molar-refractivity contribution in [2.45, 2.75) is 43.9 Å². The maximum absolute atomic E-state index is 11.5. The molecular formula is C15H21NO3. The molecule has 1 fully saturated rings. The number of aliphatic hydroxyl groups excluding tert-OH is 1. The minimum absolute atomic E-state index is 0.268. The van der Waals surface area contributed by atoms with E-state index < -0.39 is 18.1 Å². The van der Waals surface area contributed by atoms with Gasteiger partial charge in [0.25, 0.3) is 0 Å². The molecule has 1 aliphatic carbocycles. The first-order chi connectivity index (χ1) is 9.11. The Hall–Kier alpha value is -1.39. The van der Waals surface area contributed by atoms with Crippen molar-refractivity contribution < 1.29 is 14.6 Å². The van der Waals surface area contributed by atoms with Gasteiger partial charge in [-0.3, -0.25) is 10.1 Å². The van der Waals surface area contributed by atoms with Gasteiger partial charge in [0, 0.05) is 6.04 Å². The molecule has 0 bridgehead atoms. The van der Waals surface area contributed by atoms with E-state index in [9.17, 15) is 9.90 Å². The van der Waals surface area contributed by atoms with Gasteiger partial charge in [0.15, 0.2) is 0 Å². The van der Waals surface area contributed by atoms with Crippen LogP contribution >= 0.6 is 0 Å². The Kier molecular flexibility index (Phi) is 4.56. The highest BCUT2D eigenvalue weighted by atomic mass is 16.5. The van der Waals surface area contributed by atoms with Crippen LogP contribution in [-0.2, 0) is 9.53 Å². The summed E-state index contributed by atoms with van der Waals surface area (Å²) in [5, 5.41) is 12.8. The summed E-state index contributed by atoms with van der Waals surface area (Å²) in [6, 6.07) is 10.0. The van der Waals surface area contributed by atoms with Gasteiger partial charge < -0.3 is 9.84 Å². The lowest BCUT2D eigenvalue weighted by Crippen LogP contribution is -2.53. The number of carbonyl (C=O) groups is 1. The lowest BCUT2D eigenvalue weighted by molar-refractivity contribution is -0.146. The number of aliphatic hydroxyl groups is 1. The van der Waals surface area contributed by atoms with Crippen LogP contribution in [0.5, 0.6) is 0 Å². The molecule has 19 heavy (non-hydrogen) atoms. The standard InChI is InChI=1S/C15H21NO3/c1-10(17)14(15(18)19-2)16-13-8-12(9-13)11-6-4-3-5-7-11/h3-7,10,12-14,16-17H,8-9H2,1-2H3/t10-,12?,13?,14+/m0/s1. The van der Waals surface area contributed by atoms with E-state index in [0.29, 0.717) is 5.92 Å². The van der Waals surface area contributed by atoms with E-state index in [1.165, 1.54) is 12.7 Å². The zero-order valence-electron chi connectivity index (χ0n) is 11.4. The van der Waals surface area contributed by atoms with Crippen LogP contribution in [0.2, 0.25) is 0 Å². The van der Waals surface area contributed by atoms with E-state index in [-0.39, 0.29) is 6.04 Å². The molecule has 0 heterocycles. The maximum atomic E-state index is 11.5. The van der Waals surface area contributed by atoms with Gasteiger partial charge in [0.2, 0.25) is 0 Å². The van der Waals surface area contributed by atoms with Gasteiger partial charge in [0.05, 0.1) is 13.2 Å². The molecule has 104 valence electrons. The summed E-state index contributed by atoms with van der Waals surface area (Å²) in [6.45, 7) is 1.60. The average molecular weight is 263 g/mol. The van der Waals surface area contributed by atoms with Gasteiger partial charge in [-0.2, -0.15) is 0 Å². The van der Waals surface area contributed by atoms with Gasteiger partial charge >= 0.3 is 5.97 Å². The molecule has 0 radical (unpaired) electrons. The molecule has 1 aromatic rings. The third kappa shape index (κ3) is 3.33. The first-order valence-electron chi connectivity index (χ1n) is 6.68. The highest BCUT2D eigenvalue weighted by molar-refractivity contribution is 5.76. The second-order valence-corrected chi connectivity index (χ2v) is 5.18. The first kappa shape index (κ1) is 14.0. The molecule has 2 N–H and O–H groups in total. The number of benzene rings is 1. The smallest absolute Gasteiger partial charge is 0.325 e. The van der Waals surface area contributed by atoms with Crippen LogP contribution in [0.3, 0.4) is 0 Å². The summed E-state index contributed by atoms with van der Waals surface area (Å²) in [6.07, 6.45) is 1.23. The van der Waals surface area contributed by atoms with Gasteiger partial charge in [-0.15, -0.1) is 0 Å². The van der Waals surface area contributed by atoms with E-state index in [1.54, 1.807) is 6.92 Å². The molecule has 2 rings (SSSR count). The summed E-state index contributed by atoms with van der Waals surface area (Å²) in [5.74, 6) is 0.143. The Labute approximate surface area is 113 Å². The zero-order chi connectivity index (χ0) is 13.8. The van der Waals surface area contributed by atoms with Crippen molar-refractivity contribution in [1.82, 2.24) is 5.32 Å². The number of hydrogen-bond donors (Lipinski definition) is 2. The molecule has 0 aliphatic heterocycles. The number of carbonyl (C=O) groups excluding carboxylic acids is 1. The number of hydrogen-bond acceptors (Lipinski definition) is 4. The van der Waals surface area contributed by atoms with Crippen LogP contribution in [-0.4, -0.2) is 36.4 Å².